The van der Waals surface area contributed by atoms with Crippen LogP contribution in [0.25, 0.3) is 0 Å². The molecule has 140 valence electrons. The maximum absolute atomic E-state index is 12.1. The molecular weight excluding hydrogens is 342 g/mol. The van der Waals surface area contributed by atoms with Crippen molar-refractivity contribution in [1.29, 1.82) is 0 Å². The van der Waals surface area contributed by atoms with E-state index in [4.69, 9.17) is 0 Å². The van der Waals surface area contributed by atoms with E-state index < -0.39 is 16.1 Å². The summed E-state index contributed by atoms with van der Waals surface area (Å²) in [6, 6.07) is 1.90. The summed E-state index contributed by atoms with van der Waals surface area (Å²) < 4.78 is 25.5. The Labute approximate surface area is 149 Å². The molecule has 0 aromatic carbocycles. The van der Waals surface area contributed by atoms with Crippen LogP contribution in [0.4, 0.5) is 11.8 Å². The minimum Gasteiger partial charge on any atom is -0.391 e. The number of aryl methyl sites for hydroxylation is 1. The molecule has 0 amide bonds. The zero-order valence-electron chi connectivity index (χ0n) is 15.1. The predicted molar refractivity (Wildman–Crippen MR) is 97.4 cm³/mol. The van der Waals surface area contributed by atoms with Gasteiger partial charge < -0.3 is 14.9 Å². The summed E-state index contributed by atoms with van der Waals surface area (Å²) in [6.45, 7) is 4.74. The molecule has 0 aliphatic carbocycles. The summed E-state index contributed by atoms with van der Waals surface area (Å²) in [6.07, 6.45) is 1.62. The summed E-state index contributed by atoms with van der Waals surface area (Å²) in [5.41, 5.74) is 0.880. The third-order valence-corrected chi connectivity index (χ3v) is 6.89. The lowest BCUT2D eigenvalue weighted by atomic mass is 10.1. The smallest absolute Gasteiger partial charge is 0.227 e. The van der Waals surface area contributed by atoms with Crippen molar-refractivity contribution in [2.24, 2.45) is 5.92 Å². The van der Waals surface area contributed by atoms with E-state index in [2.05, 4.69) is 14.9 Å². The number of hydrogen-bond acceptors (Lipinski definition) is 7. The van der Waals surface area contributed by atoms with Crippen LogP contribution in [0, 0.1) is 12.8 Å². The van der Waals surface area contributed by atoms with Gasteiger partial charge in [-0.15, -0.1) is 0 Å². The second-order valence-electron chi connectivity index (χ2n) is 7.16. The van der Waals surface area contributed by atoms with E-state index in [9.17, 15) is 13.5 Å². The van der Waals surface area contributed by atoms with Crippen LogP contribution in [0.3, 0.4) is 0 Å². The number of hydrogen-bond donors (Lipinski definition) is 1. The predicted octanol–water partition coefficient (Wildman–Crippen LogP) is 0.0737. The maximum Gasteiger partial charge on any atom is 0.227 e. The zero-order chi connectivity index (χ0) is 18.2. The van der Waals surface area contributed by atoms with Gasteiger partial charge >= 0.3 is 0 Å². The van der Waals surface area contributed by atoms with E-state index in [0.717, 1.165) is 43.4 Å². The maximum atomic E-state index is 12.1. The van der Waals surface area contributed by atoms with Gasteiger partial charge in [-0.2, -0.15) is 4.98 Å². The Morgan fingerprint density at radius 3 is 2.52 bits per heavy atom. The minimum absolute atomic E-state index is 0.0548. The molecule has 8 nitrogen and oxygen atoms in total. The lowest BCUT2D eigenvalue weighted by Crippen LogP contribution is -2.33. The number of aliphatic hydroxyl groups is 1. The first kappa shape index (κ1) is 18.3. The Bertz CT molecular complexity index is 718. The number of aromatic nitrogens is 2. The van der Waals surface area contributed by atoms with Gasteiger partial charge in [0.15, 0.2) is 0 Å². The average molecular weight is 369 g/mol. The summed E-state index contributed by atoms with van der Waals surface area (Å²) in [7, 11) is -0.307. The minimum atomic E-state index is -3.34. The lowest BCUT2D eigenvalue weighted by Gasteiger charge is -2.21. The molecule has 3 heterocycles. The Kier molecular flexibility index (Phi) is 5.17. The molecule has 25 heavy (non-hydrogen) atoms. The van der Waals surface area contributed by atoms with Crippen LogP contribution >= 0.6 is 0 Å². The molecule has 2 aliphatic heterocycles. The van der Waals surface area contributed by atoms with Crippen molar-refractivity contribution in [3.8, 4) is 0 Å². The first-order chi connectivity index (χ1) is 11.8. The molecule has 1 N–H and O–H groups in total. The Morgan fingerprint density at radius 2 is 1.88 bits per heavy atom. The third-order valence-electron chi connectivity index (χ3n) is 4.93. The largest absolute Gasteiger partial charge is 0.391 e. The third kappa shape index (κ3) is 4.04. The van der Waals surface area contributed by atoms with Gasteiger partial charge in [-0.05, 0) is 19.8 Å². The van der Waals surface area contributed by atoms with Gasteiger partial charge in [-0.25, -0.2) is 17.7 Å². The first-order valence-corrected chi connectivity index (χ1v) is 10.3. The highest BCUT2D eigenvalue weighted by Crippen LogP contribution is 2.27. The summed E-state index contributed by atoms with van der Waals surface area (Å²) in [4.78, 5) is 13.3. The number of aliphatic hydroxyl groups excluding tert-OH is 1. The molecular formula is C16H27N5O3S. The highest BCUT2D eigenvalue weighted by atomic mass is 32.2. The topological polar surface area (TPSA) is 89.9 Å². The summed E-state index contributed by atoms with van der Waals surface area (Å²) in [5.74, 6) is 1.11. The summed E-state index contributed by atoms with van der Waals surface area (Å²) in [5, 5.41) is 10.3. The van der Waals surface area contributed by atoms with E-state index in [1.165, 1.54) is 18.4 Å². The standard InChI is InChI=1S/C16H27N5O3S/c1-12-8-15(18-16(17-12)20-6-4-5-7-20)21-9-13(14(22)10-21)11-25(23,24)19(2)3/h8,13-14,22H,4-7,9-11H2,1-3H3/t13-,14+/m0/s1. The molecule has 0 radical (unpaired) electrons. The SMILES string of the molecule is Cc1cc(N2C[C@@H](CS(=O)(=O)N(C)C)[C@H](O)C2)nc(N2CCCC2)n1. The number of rotatable bonds is 5. The van der Waals surface area contributed by atoms with E-state index in [1.807, 2.05) is 17.9 Å². The monoisotopic (exact) mass is 369 g/mol. The molecule has 2 fully saturated rings. The molecule has 2 saturated heterocycles. The number of β-amino-alcohol motifs (C(OH)–C–C–N with tert-alkyl or cyclic N) is 1. The molecule has 1 aromatic heterocycles. The fourth-order valence-electron chi connectivity index (χ4n) is 3.38. The van der Waals surface area contributed by atoms with Gasteiger partial charge in [0.1, 0.15) is 5.82 Å². The van der Waals surface area contributed by atoms with Crippen LogP contribution in [-0.4, -0.2) is 79.9 Å². The highest BCUT2D eigenvalue weighted by Gasteiger charge is 2.36. The Balaban J connectivity index is 1.77. The molecule has 0 saturated carbocycles. The van der Waals surface area contributed by atoms with E-state index in [0.29, 0.717) is 13.1 Å². The van der Waals surface area contributed by atoms with Crippen molar-refractivity contribution >= 4 is 21.8 Å². The molecule has 0 unspecified atom stereocenters. The molecule has 3 rings (SSSR count). The van der Waals surface area contributed by atoms with Crippen molar-refractivity contribution in [1.82, 2.24) is 14.3 Å². The van der Waals surface area contributed by atoms with Crippen molar-refractivity contribution in [3.05, 3.63) is 11.8 Å². The van der Waals surface area contributed by atoms with Gasteiger partial charge in [-0.1, -0.05) is 0 Å². The van der Waals surface area contributed by atoms with E-state index in [1.54, 1.807) is 0 Å². The van der Waals surface area contributed by atoms with Crippen LogP contribution in [0.15, 0.2) is 6.07 Å². The van der Waals surface area contributed by atoms with Crippen molar-refractivity contribution in [2.75, 3.05) is 55.8 Å². The van der Waals surface area contributed by atoms with Crippen LogP contribution in [0.5, 0.6) is 0 Å². The van der Waals surface area contributed by atoms with E-state index in [-0.39, 0.29) is 11.7 Å². The van der Waals surface area contributed by atoms with Crippen LogP contribution < -0.4 is 9.80 Å². The Hall–Kier alpha value is -1.45. The van der Waals surface area contributed by atoms with Gasteiger partial charge in [0.2, 0.25) is 16.0 Å². The summed E-state index contributed by atoms with van der Waals surface area (Å²) >= 11 is 0. The first-order valence-electron chi connectivity index (χ1n) is 8.70. The van der Waals surface area contributed by atoms with Crippen LogP contribution in [0.2, 0.25) is 0 Å². The van der Waals surface area contributed by atoms with Gasteiger partial charge in [0.05, 0.1) is 11.9 Å². The normalized spacial score (nSPS) is 24.5. The van der Waals surface area contributed by atoms with Gasteiger partial charge in [0, 0.05) is 58.0 Å². The second-order valence-corrected chi connectivity index (χ2v) is 9.38. The molecule has 0 spiro atoms. The fourth-order valence-corrected chi connectivity index (χ4v) is 4.55. The van der Waals surface area contributed by atoms with Crippen LogP contribution in [0.1, 0.15) is 18.5 Å². The van der Waals surface area contributed by atoms with Crippen molar-refractivity contribution in [3.63, 3.8) is 0 Å². The average Bonchev–Trinajstić information content (AvgIpc) is 3.17. The molecule has 1 aromatic rings. The van der Waals surface area contributed by atoms with E-state index >= 15 is 0 Å². The van der Waals surface area contributed by atoms with Crippen LogP contribution in [-0.2, 0) is 10.0 Å². The molecule has 0 bridgehead atoms. The highest BCUT2D eigenvalue weighted by molar-refractivity contribution is 7.89. The van der Waals surface area contributed by atoms with Gasteiger partial charge in [-0.3, -0.25) is 0 Å². The lowest BCUT2D eigenvalue weighted by molar-refractivity contribution is 0.157. The van der Waals surface area contributed by atoms with Gasteiger partial charge in [0.25, 0.3) is 0 Å². The quantitative estimate of drug-likeness (QED) is 0.786. The fraction of sp³-hybridized carbons (Fsp3) is 0.750. The number of anilines is 2. The van der Waals surface area contributed by atoms with Crippen molar-refractivity contribution in [2.45, 2.75) is 25.9 Å². The number of nitrogens with zero attached hydrogens (tertiary/aromatic N) is 5. The molecule has 9 heteroatoms. The zero-order valence-corrected chi connectivity index (χ0v) is 15.9. The number of sulfonamides is 1. The Morgan fingerprint density at radius 1 is 1.20 bits per heavy atom. The van der Waals surface area contributed by atoms with Crippen molar-refractivity contribution < 1.29 is 13.5 Å². The molecule has 2 atom stereocenters. The molecule has 2 aliphatic rings. The second kappa shape index (κ2) is 7.05.